The summed E-state index contributed by atoms with van der Waals surface area (Å²) in [6, 6.07) is -0.376. The van der Waals surface area contributed by atoms with Crippen LogP contribution < -0.4 is 10.9 Å². The van der Waals surface area contributed by atoms with Gasteiger partial charge in [-0.15, -0.1) is 17.9 Å². The van der Waals surface area contributed by atoms with E-state index in [1.807, 2.05) is 13.8 Å². The number of hydrogen-bond donors (Lipinski definition) is 1. The average Bonchev–Trinajstić information content (AvgIpc) is 3.14. The monoisotopic (exact) mass is 392 g/mol. The van der Waals surface area contributed by atoms with Crippen LogP contribution in [-0.4, -0.2) is 44.7 Å². The summed E-state index contributed by atoms with van der Waals surface area (Å²) in [7, 11) is 0. The molecule has 3 rings (SSSR count). The van der Waals surface area contributed by atoms with Crippen molar-refractivity contribution >= 4 is 45.3 Å². The number of urea groups is 1. The number of amides is 3. The zero-order valence-electron chi connectivity index (χ0n) is 14.9. The molecule has 3 amide bonds. The molecule has 138 valence electrons. The number of imide groups is 1. The first kappa shape index (κ1) is 18.7. The summed E-state index contributed by atoms with van der Waals surface area (Å²) >= 11 is 2.66. The fourth-order valence-corrected chi connectivity index (χ4v) is 4.85. The number of allylic oxidation sites excluding steroid dienone is 1. The van der Waals surface area contributed by atoms with E-state index in [0.29, 0.717) is 35.0 Å². The van der Waals surface area contributed by atoms with Gasteiger partial charge in [-0.05, 0) is 26.3 Å². The largest absolute Gasteiger partial charge is 0.336 e. The fraction of sp³-hybridized carbons (Fsp3) is 0.412. The lowest BCUT2D eigenvalue weighted by Crippen LogP contribution is -2.39. The zero-order chi connectivity index (χ0) is 19.0. The summed E-state index contributed by atoms with van der Waals surface area (Å²) in [4.78, 5) is 44.8. The summed E-state index contributed by atoms with van der Waals surface area (Å²) in [5.41, 5.74) is 0.813. The number of fused-ring (bicyclic) bond motifs is 1. The minimum Gasteiger partial charge on any atom is -0.336 e. The highest BCUT2D eigenvalue weighted by molar-refractivity contribution is 8.00. The van der Waals surface area contributed by atoms with Crippen molar-refractivity contribution in [2.45, 2.75) is 37.7 Å². The Kier molecular flexibility index (Phi) is 5.19. The van der Waals surface area contributed by atoms with Crippen LogP contribution in [0.25, 0.3) is 10.2 Å². The molecule has 0 aliphatic carbocycles. The molecule has 9 heteroatoms. The molecule has 1 atom stereocenters. The Morgan fingerprint density at radius 3 is 2.81 bits per heavy atom. The summed E-state index contributed by atoms with van der Waals surface area (Å²) in [6.07, 6.45) is 1.63. The SMILES string of the molecule is C=CCn1c(S[C@@H](C)C(=O)N2CCNC2=O)nc2sc(C)c(C)c2c1=O. The van der Waals surface area contributed by atoms with E-state index in [-0.39, 0.29) is 17.5 Å². The number of hydrogen-bond acceptors (Lipinski definition) is 6. The number of nitrogens with zero attached hydrogens (tertiary/aromatic N) is 3. The van der Waals surface area contributed by atoms with Gasteiger partial charge < -0.3 is 5.32 Å². The van der Waals surface area contributed by atoms with Crippen molar-refractivity contribution in [2.75, 3.05) is 13.1 Å². The van der Waals surface area contributed by atoms with Crippen molar-refractivity contribution in [2.24, 2.45) is 0 Å². The molecule has 0 spiro atoms. The molecule has 1 saturated heterocycles. The van der Waals surface area contributed by atoms with Gasteiger partial charge in [0.15, 0.2) is 5.16 Å². The maximum absolute atomic E-state index is 12.9. The van der Waals surface area contributed by atoms with Gasteiger partial charge in [0.25, 0.3) is 5.56 Å². The summed E-state index contributed by atoms with van der Waals surface area (Å²) in [5.74, 6) is -0.289. The number of rotatable bonds is 5. The van der Waals surface area contributed by atoms with Gasteiger partial charge in [-0.2, -0.15) is 0 Å². The molecule has 0 unspecified atom stereocenters. The Balaban J connectivity index is 1.99. The maximum atomic E-state index is 12.9. The van der Waals surface area contributed by atoms with Crippen LogP contribution in [-0.2, 0) is 11.3 Å². The molecule has 7 nitrogen and oxygen atoms in total. The Hall–Kier alpha value is -2.13. The molecule has 26 heavy (non-hydrogen) atoms. The van der Waals surface area contributed by atoms with Gasteiger partial charge in [-0.25, -0.2) is 9.78 Å². The van der Waals surface area contributed by atoms with E-state index in [2.05, 4.69) is 16.9 Å². The van der Waals surface area contributed by atoms with Crippen LogP contribution in [0.5, 0.6) is 0 Å². The first-order valence-electron chi connectivity index (χ1n) is 8.22. The summed E-state index contributed by atoms with van der Waals surface area (Å²) < 4.78 is 1.53. The molecule has 2 aromatic heterocycles. The summed E-state index contributed by atoms with van der Waals surface area (Å²) in [6.45, 7) is 10.4. The highest BCUT2D eigenvalue weighted by Gasteiger charge is 2.31. The summed E-state index contributed by atoms with van der Waals surface area (Å²) in [5, 5.41) is 3.16. The minimum absolute atomic E-state index is 0.127. The molecule has 3 heterocycles. The molecule has 1 aliphatic heterocycles. The first-order valence-corrected chi connectivity index (χ1v) is 9.92. The number of thioether (sulfide) groups is 1. The predicted molar refractivity (Wildman–Crippen MR) is 104 cm³/mol. The molecular formula is C17H20N4O3S2. The lowest BCUT2D eigenvalue weighted by atomic mass is 10.2. The van der Waals surface area contributed by atoms with E-state index in [1.165, 1.54) is 32.6 Å². The average molecular weight is 393 g/mol. The highest BCUT2D eigenvalue weighted by Crippen LogP contribution is 2.30. The number of thiophene rings is 1. The van der Waals surface area contributed by atoms with E-state index in [9.17, 15) is 14.4 Å². The van der Waals surface area contributed by atoms with Crippen molar-refractivity contribution in [1.29, 1.82) is 0 Å². The molecule has 1 aliphatic rings. The van der Waals surface area contributed by atoms with Crippen LogP contribution >= 0.6 is 23.1 Å². The van der Waals surface area contributed by atoms with E-state index in [1.54, 1.807) is 13.0 Å². The molecular weight excluding hydrogens is 372 g/mol. The third-order valence-corrected chi connectivity index (χ3v) is 6.50. The van der Waals surface area contributed by atoms with Gasteiger partial charge in [0.05, 0.1) is 10.6 Å². The Morgan fingerprint density at radius 1 is 1.46 bits per heavy atom. The van der Waals surface area contributed by atoms with Gasteiger partial charge >= 0.3 is 6.03 Å². The molecule has 0 bridgehead atoms. The normalized spacial score (nSPS) is 15.3. The number of carbonyl (C=O) groups excluding carboxylic acids is 2. The Labute approximate surface area is 159 Å². The molecule has 0 aromatic carbocycles. The van der Waals surface area contributed by atoms with E-state index in [0.717, 1.165) is 10.4 Å². The highest BCUT2D eigenvalue weighted by atomic mass is 32.2. The van der Waals surface area contributed by atoms with Crippen LogP contribution in [0.2, 0.25) is 0 Å². The van der Waals surface area contributed by atoms with E-state index in [4.69, 9.17) is 0 Å². The van der Waals surface area contributed by atoms with Gasteiger partial charge in [0.2, 0.25) is 5.91 Å². The number of carbonyl (C=O) groups is 2. The van der Waals surface area contributed by atoms with Crippen molar-refractivity contribution in [1.82, 2.24) is 19.8 Å². The Bertz CT molecular complexity index is 963. The van der Waals surface area contributed by atoms with Crippen LogP contribution in [0, 0.1) is 13.8 Å². The second-order valence-electron chi connectivity index (χ2n) is 6.04. The second-order valence-corrected chi connectivity index (χ2v) is 8.56. The van der Waals surface area contributed by atoms with Crippen molar-refractivity contribution < 1.29 is 9.59 Å². The zero-order valence-corrected chi connectivity index (χ0v) is 16.5. The molecule has 1 fully saturated rings. The first-order chi connectivity index (χ1) is 12.3. The van der Waals surface area contributed by atoms with Crippen LogP contribution in [0.15, 0.2) is 22.6 Å². The molecule has 0 saturated carbocycles. The predicted octanol–water partition coefficient (Wildman–Crippen LogP) is 2.29. The topological polar surface area (TPSA) is 84.3 Å². The van der Waals surface area contributed by atoms with Gasteiger partial charge in [0, 0.05) is 24.5 Å². The van der Waals surface area contributed by atoms with E-state index >= 15 is 0 Å². The molecule has 0 radical (unpaired) electrons. The van der Waals surface area contributed by atoms with Crippen molar-refractivity contribution in [3.8, 4) is 0 Å². The van der Waals surface area contributed by atoms with Gasteiger partial charge in [-0.1, -0.05) is 17.8 Å². The van der Waals surface area contributed by atoms with Crippen molar-refractivity contribution in [3.05, 3.63) is 33.4 Å². The number of aryl methyl sites for hydroxylation is 2. The van der Waals surface area contributed by atoms with Gasteiger partial charge in [-0.3, -0.25) is 19.1 Å². The lowest BCUT2D eigenvalue weighted by Gasteiger charge is -2.18. The van der Waals surface area contributed by atoms with Crippen molar-refractivity contribution in [3.63, 3.8) is 0 Å². The fourth-order valence-electron chi connectivity index (χ4n) is 2.80. The third kappa shape index (κ3) is 3.16. The maximum Gasteiger partial charge on any atom is 0.324 e. The number of nitrogens with one attached hydrogen (secondary N) is 1. The van der Waals surface area contributed by atoms with Gasteiger partial charge in [0.1, 0.15) is 4.83 Å². The van der Waals surface area contributed by atoms with Crippen LogP contribution in [0.4, 0.5) is 4.79 Å². The standard InChI is InChI=1S/C17H20N4O3S2/c1-5-7-21-15(23)12-9(2)10(3)25-13(12)19-17(21)26-11(4)14(22)20-8-6-18-16(20)24/h5,11H,1,6-8H2,2-4H3,(H,18,24)/t11-/m0/s1. The molecule has 2 aromatic rings. The lowest BCUT2D eigenvalue weighted by molar-refractivity contribution is -0.126. The Morgan fingerprint density at radius 2 is 2.19 bits per heavy atom. The minimum atomic E-state index is -0.540. The van der Waals surface area contributed by atoms with E-state index < -0.39 is 5.25 Å². The van der Waals surface area contributed by atoms with Crippen LogP contribution in [0.3, 0.4) is 0 Å². The second kappa shape index (κ2) is 7.24. The quantitative estimate of drug-likeness (QED) is 0.479. The third-order valence-electron chi connectivity index (χ3n) is 4.32. The smallest absolute Gasteiger partial charge is 0.324 e. The number of aromatic nitrogens is 2. The van der Waals surface area contributed by atoms with Crippen LogP contribution in [0.1, 0.15) is 17.4 Å². The molecule has 1 N–H and O–H groups in total.